The average molecular weight is 303 g/mol. The zero-order valence-electron chi connectivity index (χ0n) is 13.4. The lowest BCUT2D eigenvalue weighted by atomic mass is 10.1. The van der Waals surface area contributed by atoms with Gasteiger partial charge in [-0.15, -0.1) is 0 Å². The van der Waals surface area contributed by atoms with Crippen LogP contribution in [-0.4, -0.2) is 62.3 Å². The molecule has 1 aromatic rings. The summed E-state index contributed by atoms with van der Waals surface area (Å²) < 4.78 is 5.59. The summed E-state index contributed by atoms with van der Waals surface area (Å²) in [4.78, 5) is 16.9. The van der Waals surface area contributed by atoms with Gasteiger partial charge in [0.1, 0.15) is 6.04 Å². The van der Waals surface area contributed by atoms with Gasteiger partial charge in [0.05, 0.1) is 12.7 Å². The van der Waals surface area contributed by atoms with Crippen molar-refractivity contribution in [3.63, 3.8) is 0 Å². The Balaban J connectivity index is 1.58. The molecule has 0 aliphatic carbocycles. The maximum Gasteiger partial charge on any atom is 0.242 e. The number of benzene rings is 1. The average Bonchev–Trinajstić information content (AvgIpc) is 2.55. The quantitative estimate of drug-likeness (QED) is 0.886. The normalized spacial score (nSPS) is 26.1. The lowest BCUT2D eigenvalue weighted by Crippen LogP contribution is -2.59. The summed E-state index contributed by atoms with van der Waals surface area (Å²) in [6.07, 6.45) is -0.0453. The number of nitrogens with zero attached hydrogens (tertiary/aromatic N) is 2. The number of aryl methyl sites for hydroxylation is 1. The van der Waals surface area contributed by atoms with Gasteiger partial charge in [-0.2, -0.15) is 0 Å². The molecular weight excluding hydrogens is 278 g/mol. The Labute approximate surface area is 132 Å². The fourth-order valence-electron chi connectivity index (χ4n) is 3.22. The highest BCUT2D eigenvalue weighted by Crippen LogP contribution is 2.18. The molecule has 0 saturated carbocycles. The van der Waals surface area contributed by atoms with Crippen LogP contribution >= 0.6 is 0 Å². The van der Waals surface area contributed by atoms with Gasteiger partial charge in [-0.25, -0.2) is 0 Å². The second-order valence-electron chi connectivity index (χ2n) is 6.16. The van der Waals surface area contributed by atoms with Crippen LogP contribution in [0.4, 0.5) is 5.69 Å². The lowest BCUT2D eigenvalue weighted by Gasteiger charge is -2.39. The number of hydrogen-bond acceptors (Lipinski definition) is 4. The number of amides is 1. The van der Waals surface area contributed by atoms with Crippen LogP contribution in [0.15, 0.2) is 24.3 Å². The summed E-state index contributed by atoms with van der Waals surface area (Å²) in [5.41, 5.74) is 2.52. The molecule has 1 amide bonds. The molecule has 3 rings (SSSR count). The molecule has 2 atom stereocenters. The molecule has 5 nitrogen and oxygen atoms in total. The second kappa shape index (κ2) is 6.67. The van der Waals surface area contributed by atoms with Crippen molar-refractivity contribution in [2.75, 3.05) is 44.2 Å². The third kappa shape index (κ3) is 3.25. The van der Waals surface area contributed by atoms with Gasteiger partial charge in [0, 0.05) is 38.4 Å². The van der Waals surface area contributed by atoms with Crippen LogP contribution < -0.4 is 10.2 Å². The van der Waals surface area contributed by atoms with Crippen LogP contribution in [0.25, 0.3) is 0 Å². The molecule has 0 spiro atoms. The third-order valence-electron chi connectivity index (χ3n) is 4.54. The highest BCUT2D eigenvalue weighted by atomic mass is 16.5. The molecule has 0 unspecified atom stereocenters. The Morgan fingerprint density at radius 3 is 2.73 bits per heavy atom. The summed E-state index contributed by atoms with van der Waals surface area (Å²) in [6.45, 7) is 8.84. The van der Waals surface area contributed by atoms with Gasteiger partial charge in [-0.3, -0.25) is 4.79 Å². The summed E-state index contributed by atoms with van der Waals surface area (Å²) >= 11 is 0. The predicted molar refractivity (Wildman–Crippen MR) is 87.2 cm³/mol. The molecule has 5 heteroatoms. The minimum absolute atomic E-state index is 0.0453. The van der Waals surface area contributed by atoms with E-state index in [-0.39, 0.29) is 18.1 Å². The molecule has 2 saturated heterocycles. The van der Waals surface area contributed by atoms with E-state index < -0.39 is 0 Å². The molecule has 120 valence electrons. The Hall–Kier alpha value is -1.59. The van der Waals surface area contributed by atoms with E-state index in [0.717, 1.165) is 32.7 Å². The topological polar surface area (TPSA) is 44.8 Å². The monoisotopic (exact) mass is 303 g/mol. The molecular formula is C17H25N3O2. The number of morpholine rings is 1. The van der Waals surface area contributed by atoms with Gasteiger partial charge in [-0.1, -0.05) is 12.1 Å². The molecule has 2 fully saturated rings. The molecule has 1 aromatic carbocycles. The maximum absolute atomic E-state index is 12.6. The van der Waals surface area contributed by atoms with E-state index in [9.17, 15) is 4.79 Å². The van der Waals surface area contributed by atoms with E-state index in [4.69, 9.17) is 4.74 Å². The number of carbonyl (C=O) groups excluding carboxylic acids is 1. The van der Waals surface area contributed by atoms with Crippen LogP contribution in [0.5, 0.6) is 0 Å². The summed E-state index contributed by atoms with van der Waals surface area (Å²) in [5.74, 6) is 0.177. The van der Waals surface area contributed by atoms with Gasteiger partial charge in [0.25, 0.3) is 0 Å². The summed E-state index contributed by atoms with van der Waals surface area (Å²) in [7, 11) is 0. The molecule has 1 N–H and O–H groups in total. The second-order valence-corrected chi connectivity index (χ2v) is 6.16. The zero-order valence-corrected chi connectivity index (χ0v) is 13.4. The standard InChI is InChI=1S/C17H25N3O2/c1-13-4-3-5-15(12-13)19-7-9-20(10-8-19)17(21)16-14(2)22-11-6-18-16/h3-5,12,14,16,18H,6-11H2,1-2H3/t14-,16+/m1/s1. The first-order valence-electron chi connectivity index (χ1n) is 8.10. The van der Waals surface area contributed by atoms with Crippen molar-refractivity contribution in [2.45, 2.75) is 26.0 Å². The third-order valence-corrected chi connectivity index (χ3v) is 4.54. The minimum Gasteiger partial charge on any atom is -0.375 e. The van der Waals surface area contributed by atoms with Crippen molar-refractivity contribution in [2.24, 2.45) is 0 Å². The number of piperazine rings is 1. The Morgan fingerprint density at radius 2 is 2.05 bits per heavy atom. The highest BCUT2D eigenvalue weighted by Gasteiger charge is 2.33. The smallest absolute Gasteiger partial charge is 0.242 e. The van der Waals surface area contributed by atoms with E-state index in [1.807, 2.05) is 11.8 Å². The molecule has 0 aromatic heterocycles. The molecule has 2 aliphatic heterocycles. The van der Waals surface area contributed by atoms with Crippen LogP contribution in [-0.2, 0) is 9.53 Å². The number of rotatable bonds is 2. The molecule has 0 radical (unpaired) electrons. The van der Waals surface area contributed by atoms with Crippen LogP contribution in [0, 0.1) is 6.92 Å². The van der Waals surface area contributed by atoms with Gasteiger partial charge < -0.3 is 19.9 Å². The highest BCUT2D eigenvalue weighted by molar-refractivity contribution is 5.83. The van der Waals surface area contributed by atoms with E-state index in [1.165, 1.54) is 11.3 Å². The molecule has 0 bridgehead atoms. The minimum atomic E-state index is -0.195. The Kier molecular flexibility index (Phi) is 4.64. The number of nitrogens with one attached hydrogen (secondary N) is 1. The van der Waals surface area contributed by atoms with Crippen molar-refractivity contribution in [1.29, 1.82) is 0 Å². The Bertz CT molecular complexity index is 526. The molecule has 2 heterocycles. The van der Waals surface area contributed by atoms with Crippen molar-refractivity contribution in [3.05, 3.63) is 29.8 Å². The number of carbonyl (C=O) groups is 1. The van der Waals surface area contributed by atoms with E-state index in [0.29, 0.717) is 6.61 Å². The van der Waals surface area contributed by atoms with E-state index in [2.05, 4.69) is 41.4 Å². The lowest BCUT2D eigenvalue weighted by molar-refractivity contribution is -0.139. The van der Waals surface area contributed by atoms with Gasteiger partial charge >= 0.3 is 0 Å². The largest absolute Gasteiger partial charge is 0.375 e. The summed E-state index contributed by atoms with van der Waals surface area (Å²) in [6, 6.07) is 8.35. The van der Waals surface area contributed by atoms with Crippen molar-refractivity contribution < 1.29 is 9.53 Å². The first-order chi connectivity index (χ1) is 10.6. The molecule has 22 heavy (non-hydrogen) atoms. The van der Waals surface area contributed by atoms with E-state index in [1.54, 1.807) is 0 Å². The maximum atomic E-state index is 12.6. The van der Waals surface area contributed by atoms with Gasteiger partial charge in [0.2, 0.25) is 5.91 Å². The number of hydrogen-bond donors (Lipinski definition) is 1. The first-order valence-corrected chi connectivity index (χ1v) is 8.10. The zero-order chi connectivity index (χ0) is 15.5. The first kappa shape index (κ1) is 15.3. The fraction of sp³-hybridized carbons (Fsp3) is 0.588. The SMILES string of the molecule is Cc1cccc(N2CCN(C(=O)[C@H]3NCCO[C@@H]3C)CC2)c1. The summed E-state index contributed by atoms with van der Waals surface area (Å²) in [5, 5.41) is 3.29. The van der Waals surface area contributed by atoms with Crippen molar-refractivity contribution in [3.8, 4) is 0 Å². The van der Waals surface area contributed by atoms with Crippen LogP contribution in [0.1, 0.15) is 12.5 Å². The van der Waals surface area contributed by atoms with Crippen LogP contribution in [0.2, 0.25) is 0 Å². The molecule has 2 aliphatic rings. The Morgan fingerprint density at radius 1 is 1.27 bits per heavy atom. The van der Waals surface area contributed by atoms with E-state index >= 15 is 0 Å². The van der Waals surface area contributed by atoms with Crippen LogP contribution in [0.3, 0.4) is 0 Å². The fourth-order valence-corrected chi connectivity index (χ4v) is 3.22. The number of ether oxygens (including phenoxy) is 1. The van der Waals surface area contributed by atoms with Crippen molar-refractivity contribution in [1.82, 2.24) is 10.2 Å². The van der Waals surface area contributed by atoms with Gasteiger partial charge in [-0.05, 0) is 31.5 Å². The van der Waals surface area contributed by atoms with Crippen molar-refractivity contribution >= 4 is 11.6 Å². The van der Waals surface area contributed by atoms with Gasteiger partial charge in [0.15, 0.2) is 0 Å². The number of anilines is 1. The predicted octanol–water partition coefficient (Wildman–Crippen LogP) is 1.02.